The third kappa shape index (κ3) is 2.19. The van der Waals surface area contributed by atoms with Crippen LogP contribution in [0.2, 0.25) is 0 Å². The fourth-order valence-corrected chi connectivity index (χ4v) is 2.98. The number of carbonyl (C=O) groups excluding carboxylic acids is 1. The summed E-state index contributed by atoms with van der Waals surface area (Å²) >= 11 is 0. The number of hydrogen-bond acceptors (Lipinski definition) is 2. The van der Waals surface area contributed by atoms with Crippen molar-refractivity contribution in [2.24, 2.45) is 5.92 Å². The van der Waals surface area contributed by atoms with Gasteiger partial charge in [0.1, 0.15) is 0 Å². The first-order chi connectivity index (χ1) is 8.84. The molecule has 1 aromatic rings. The van der Waals surface area contributed by atoms with Crippen molar-refractivity contribution in [2.75, 3.05) is 13.1 Å². The molecule has 0 bridgehead atoms. The van der Waals surface area contributed by atoms with Crippen molar-refractivity contribution in [1.82, 2.24) is 15.1 Å². The van der Waals surface area contributed by atoms with Crippen LogP contribution in [0.3, 0.4) is 0 Å². The SMILES string of the molecule is O=C([C@@H]1CC=CCC1)N1CC[C@H](c2ccn[nH]2)C1. The van der Waals surface area contributed by atoms with Gasteiger partial charge < -0.3 is 4.90 Å². The van der Waals surface area contributed by atoms with Gasteiger partial charge in [-0.05, 0) is 31.7 Å². The number of nitrogens with one attached hydrogen (secondary N) is 1. The lowest BCUT2D eigenvalue weighted by atomic mass is 9.93. The Morgan fingerprint density at radius 3 is 3.06 bits per heavy atom. The molecule has 0 radical (unpaired) electrons. The number of amides is 1. The Kier molecular flexibility index (Phi) is 3.17. The van der Waals surface area contributed by atoms with Crippen molar-refractivity contribution in [3.8, 4) is 0 Å². The number of aromatic nitrogens is 2. The van der Waals surface area contributed by atoms with Gasteiger partial charge in [-0.1, -0.05) is 12.2 Å². The molecule has 4 heteroatoms. The van der Waals surface area contributed by atoms with Crippen molar-refractivity contribution in [3.05, 3.63) is 30.1 Å². The van der Waals surface area contributed by atoms with E-state index in [9.17, 15) is 4.79 Å². The molecule has 2 aliphatic rings. The first kappa shape index (κ1) is 11.5. The number of allylic oxidation sites excluding steroid dienone is 2. The Bertz CT molecular complexity index is 438. The third-order valence-corrected chi connectivity index (χ3v) is 4.08. The maximum atomic E-state index is 12.4. The van der Waals surface area contributed by atoms with Crippen molar-refractivity contribution < 1.29 is 4.79 Å². The van der Waals surface area contributed by atoms with Crippen LogP contribution in [0.5, 0.6) is 0 Å². The zero-order valence-electron chi connectivity index (χ0n) is 10.5. The second-order valence-electron chi connectivity index (χ2n) is 5.26. The Morgan fingerprint density at radius 2 is 2.33 bits per heavy atom. The maximum Gasteiger partial charge on any atom is 0.226 e. The van der Waals surface area contributed by atoms with Crippen LogP contribution in [0.25, 0.3) is 0 Å². The zero-order valence-corrected chi connectivity index (χ0v) is 10.5. The van der Waals surface area contributed by atoms with Crippen LogP contribution in [0.1, 0.15) is 37.3 Å². The molecule has 1 amide bonds. The Morgan fingerprint density at radius 1 is 1.39 bits per heavy atom. The average molecular weight is 245 g/mol. The molecule has 1 aliphatic carbocycles. The monoisotopic (exact) mass is 245 g/mol. The second-order valence-corrected chi connectivity index (χ2v) is 5.26. The lowest BCUT2D eigenvalue weighted by molar-refractivity contribution is -0.134. The second kappa shape index (κ2) is 4.96. The number of hydrogen-bond donors (Lipinski definition) is 1. The predicted molar refractivity (Wildman–Crippen MR) is 69.0 cm³/mol. The molecule has 1 N–H and O–H groups in total. The minimum Gasteiger partial charge on any atom is -0.342 e. The fourth-order valence-electron chi connectivity index (χ4n) is 2.98. The van der Waals surface area contributed by atoms with Crippen molar-refractivity contribution in [2.45, 2.75) is 31.6 Å². The molecule has 4 nitrogen and oxygen atoms in total. The van der Waals surface area contributed by atoms with Crippen LogP contribution in [0.4, 0.5) is 0 Å². The highest BCUT2D eigenvalue weighted by Crippen LogP contribution is 2.29. The van der Waals surface area contributed by atoms with Gasteiger partial charge in [-0.3, -0.25) is 9.89 Å². The van der Waals surface area contributed by atoms with E-state index >= 15 is 0 Å². The van der Waals surface area contributed by atoms with Gasteiger partial charge in [0.05, 0.1) is 0 Å². The molecular weight excluding hydrogens is 226 g/mol. The van der Waals surface area contributed by atoms with E-state index in [0.717, 1.165) is 44.5 Å². The van der Waals surface area contributed by atoms with Crippen LogP contribution in [0.15, 0.2) is 24.4 Å². The van der Waals surface area contributed by atoms with Gasteiger partial charge in [-0.25, -0.2) is 0 Å². The summed E-state index contributed by atoms with van der Waals surface area (Å²) in [5.41, 5.74) is 1.16. The van der Waals surface area contributed by atoms with E-state index in [4.69, 9.17) is 0 Å². The predicted octanol–water partition coefficient (Wildman–Crippen LogP) is 2.08. The van der Waals surface area contributed by atoms with Gasteiger partial charge in [-0.2, -0.15) is 5.10 Å². The maximum absolute atomic E-state index is 12.4. The summed E-state index contributed by atoms with van der Waals surface area (Å²) in [5.74, 6) is 1.01. The number of carbonyl (C=O) groups is 1. The minimum atomic E-state index is 0.218. The summed E-state index contributed by atoms with van der Waals surface area (Å²) in [5, 5.41) is 7.01. The van der Waals surface area contributed by atoms with E-state index in [0.29, 0.717) is 11.8 Å². The lowest BCUT2D eigenvalue weighted by Crippen LogP contribution is -2.34. The van der Waals surface area contributed by atoms with E-state index in [1.54, 1.807) is 6.20 Å². The number of aromatic amines is 1. The minimum absolute atomic E-state index is 0.218. The summed E-state index contributed by atoms with van der Waals surface area (Å²) in [7, 11) is 0. The van der Waals surface area contributed by atoms with Gasteiger partial charge in [0.25, 0.3) is 0 Å². The molecule has 0 unspecified atom stereocenters. The molecule has 0 spiro atoms. The van der Waals surface area contributed by atoms with Crippen molar-refractivity contribution in [1.29, 1.82) is 0 Å². The van der Waals surface area contributed by atoms with Gasteiger partial charge >= 0.3 is 0 Å². The number of likely N-dealkylation sites (tertiary alicyclic amines) is 1. The lowest BCUT2D eigenvalue weighted by Gasteiger charge is -2.24. The van der Waals surface area contributed by atoms with E-state index in [1.165, 1.54) is 0 Å². The van der Waals surface area contributed by atoms with E-state index in [-0.39, 0.29) is 5.92 Å². The summed E-state index contributed by atoms with van der Waals surface area (Å²) in [6.45, 7) is 1.74. The molecule has 1 aromatic heterocycles. The Balaban J connectivity index is 1.61. The molecule has 2 atom stereocenters. The van der Waals surface area contributed by atoms with E-state index in [2.05, 4.69) is 22.3 Å². The molecular formula is C14H19N3O. The Labute approximate surface area is 107 Å². The highest BCUT2D eigenvalue weighted by Gasteiger charge is 2.31. The summed E-state index contributed by atoms with van der Waals surface area (Å²) in [6, 6.07) is 2.02. The van der Waals surface area contributed by atoms with Crippen LogP contribution in [0, 0.1) is 5.92 Å². The van der Waals surface area contributed by atoms with Crippen LogP contribution >= 0.6 is 0 Å². The smallest absolute Gasteiger partial charge is 0.226 e. The first-order valence-corrected chi connectivity index (χ1v) is 6.77. The summed E-state index contributed by atoms with van der Waals surface area (Å²) < 4.78 is 0. The van der Waals surface area contributed by atoms with Crippen molar-refractivity contribution in [3.63, 3.8) is 0 Å². The standard InChI is InChI=1S/C14H19N3O/c18-14(11-4-2-1-3-5-11)17-9-7-12(10-17)13-6-8-15-16-13/h1-2,6,8,11-12H,3-5,7,9-10H2,(H,15,16)/t11-,12+/m1/s1. The van der Waals surface area contributed by atoms with Gasteiger partial charge in [0.2, 0.25) is 5.91 Å². The number of H-pyrrole nitrogens is 1. The molecule has 2 heterocycles. The molecule has 18 heavy (non-hydrogen) atoms. The largest absolute Gasteiger partial charge is 0.342 e. The highest BCUT2D eigenvalue weighted by molar-refractivity contribution is 5.79. The van der Waals surface area contributed by atoms with Gasteiger partial charge in [0, 0.05) is 36.8 Å². The summed E-state index contributed by atoms with van der Waals surface area (Å²) in [6.07, 6.45) is 10.1. The summed E-state index contributed by atoms with van der Waals surface area (Å²) in [4.78, 5) is 14.4. The molecule has 0 aromatic carbocycles. The van der Waals surface area contributed by atoms with Crippen LogP contribution < -0.4 is 0 Å². The Hall–Kier alpha value is -1.58. The third-order valence-electron chi connectivity index (χ3n) is 4.08. The molecule has 96 valence electrons. The molecule has 1 fully saturated rings. The molecule has 3 rings (SSSR count). The molecule has 1 saturated heterocycles. The molecule has 1 aliphatic heterocycles. The van der Waals surface area contributed by atoms with Crippen LogP contribution in [-0.2, 0) is 4.79 Å². The van der Waals surface area contributed by atoms with E-state index < -0.39 is 0 Å². The topological polar surface area (TPSA) is 49.0 Å². The van der Waals surface area contributed by atoms with Gasteiger partial charge in [-0.15, -0.1) is 0 Å². The van der Waals surface area contributed by atoms with Gasteiger partial charge in [0.15, 0.2) is 0 Å². The first-order valence-electron chi connectivity index (χ1n) is 6.77. The fraction of sp³-hybridized carbons (Fsp3) is 0.571. The number of nitrogens with zero attached hydrogens (tertiary/aromatic N) is 2. The normalized spacial score (nSPS) is 27.7. The van der Waals surface area contributed by atoms with E-state index in [1.807, 2.05) is 11.0 Å². The number of rotatable bonds is 2. The zero-order chi connectivity index (χ0) is 12.4. The highest BCUT2D eigenvalue weighted by atomic mass is 16.2. The molecule has 0 saturated carbocycles. The van der Waals surface area contributed by atoms with Crippen molar-refractivity contribution >= 4 is 5.91 Å². The van der Waals surface area contributed by atoms with Crippen LogP contribution in [-0.4, -0.2) is 34.1 Å². The average Bonchev–Trinajstić information content (AvgIpc) is 3.09. The quantitative estimate of drug-likeness (QED) is 0.811.